The molecule has 5 nitrogen and oxygen atoms in total. The van der Waals surface area contributed by atoms with Gasteiger partial charge in [-0.25, -0.2) is 0 Å². The maximum atomic E-state index is 12.5. The van der Waals surface area contributed by atoms with Crippen molar-refractivity contribution < 1.29 is 14.3 Å². The second-order valence-corrected chi connectivity index (χ2v) is 6.52. The molecule has 24 heavy (non-hydrogen) atoms. The smallest absolute Gasteiger partial charge is 0.228 e. The second kappa shape index (κ2) is 8.38. The predicted octanol–water partition coefficient (Wildman–Crippen LogP) is 3.57. The second-order valence-electron chi connectivity index (χ2n) is 6.11. The number of nitrogens with zero attached hydrogens (tertiary/aromatic N) is 1. The Morgan fingerprint density at radius 3 is 2.46 bits per heavy atom. The Balaban J connectivity index is 1.93. The third kappa shape index (κ3) is 4.41. The summed E-state index contributed by atoms with van der Waals surface area (Å²) in [5, 5.41) is 3.27. The molecular formula is C18H25ClN2O3. The number of methoxy groups -OCH3 is 1. The Bertz CT molecular complexity index is 600. The molecule has 1 fully saturated rings. The zero-order valence-corrected chi connectivity index (χ0v) is 15.2. The number of rotatable bonds is 8. The first kappa shape index (κ1) is 18.6. The average Bonchev–Trinajstić information content (AvgIpc) is 3.35. The average molecular weight is 353 g/mol. The van der Waals surface area contributed by atoms with E-state index in [1.807, 2.05) is 4.90 Å². The van der Waals surface area contributed by atoms with E-state index < -0.39 is 0 Å². The summed E-state index contributed by atoms with van der Waals surface area (Å²) in [6.45, 7) is 5.62. The number of carbonyl (C=O) groups excluding carboxylic acids is 2. The zero-order chi connectivity index (χ0) is 17.7. The van der Waals surface area contributed by atoms with E-state index in [0.717, 1.165) is 25.9 Å². The number of nitrogens with one attached hydrogen (secondary N) is 1. The third-order valence-electron chi connectivity index (χ3n) is 4.16. The van der Waals surface area contributed by atoms with Crippen LogP contribution in [0.4, 0.5) is 5.69 Å². The van der Waals surface area contributed by atoms with Crippen molar-refractivity contribution in [3.05, 3.63) is 23.2 Å². The Morgan fingerprint density at radius 2 is 1.92 bits per heavy atom. The molecule has 132 valence electrons. The quantitative estimate of drug-likeness (QED) is 0.778. The number of carbonyl (C=O) groups is 2. The highest BCUT2D eigenvalue weighted by Crippen LogP contribution is 2.41. The van der Waals surface area contributed by atoms with E-state index in [0.29, 0.717) is 22.9 Å². The fourth-order valence-electron chi connectivity index (χ4n) is 2.84. The van der Waals surface area contributed by atoms with Crippen LogP contribution in [0.5, 0.6) is 5.75 Å². The number of hydrogen-bond acceptors (Lipinski definition) is 3. The lowest BCUT2D eigenvalue weighted by molar-refractivity contribution is -0.134. The van der Waals surface area contributed by atoms with Crippen LogP contribution in [0.1, 0.15) is 33.1 Å². The molecule has 1 aliphatic rings. The molecule has 2 amide bonds. The Hall–Kier alpha value is -1.75. The molecule has 2 rings (SSSR count). The Morgan fingerprint density at radius 1 is 1.25 bits per heavy atom. The van der Waals surface area contributed by atoms with Gasteiger partial charge in [-0.2, -0.15) is 0 Å². The molecule has 0 aliphatic heterocycles. The highest BCUT2D eigenvalue weighted by molar-refractivity contribution is 6.32. The van der Waals surface area contributed by atoms with Crippen molar-refractivity contribution in [2.45, 2.75) is 33.1 Å². The van der Waals surface area contributed by atoms with Gasteiger partial charge in [0.1, 0.15) is 5.75 Å². The predicted molar refractivity (Wildman–Crippen MR) is 95.4 cm³/mol. The van der Waals surface area contributed by atoms with Gasteiger partial charge in [0.15, 0.2) is 0 Å². The van der Waals surface area contributed by atoms with Crippen molar-refractivity contribution >= 4 is 29.1 Å². The summed E-state index contributed by atoms with van der Waals surface area (Å²) >= 11 is 6.06. The van der Waals surface area contributed by atoms with Crippen molar-refractivity contribution in [1.29, 1.82) is 0 Å². The van der Waals surface area contributed by atoms with Crippen LogP contribution in [0.3, 0.4) is 0 Å². The summed E-state index contributed by atoms with van der Waals surface area (Å²) < 4.78 is 5.09. The zero-order valence-electron chi connectivity index (χ0n) is 14.5. The minimum absolute atomic E-state index is 0.103. The van der Waals surface area contributed by atoms with Crippen LogP contribution >= 0.6 is 11.6 Å². The fraction of sp³-hybridized carbons (Fsp3) is 0.556. The molecule has 6 heteroatoms. The number of anilines is 1. The van der Waals surface area contributed by atoms with Gasteiger partial charge < -0.3 is 15.0 Å². The monoisotopic (exact) mass is 352 g/mol. The van der Waals surface area contributed by atoms with E-state index in [1.165, 1.54) is 7.11 Å². The SMILES string of the molecule is CCCN(CCC)C(=O)C1CC1C(=O)Nc1ccc(OC)c(Cl)c1. The first-order valence-corrected chi connectivity index (χ1v) is 8.82. The van der Waals surface area contributed by atoms with Crippen LogP contribution in [0.25, 0.3) is 0 Å². The molecule has 0 bridgehead atoms. The molecular weight excluding hydrogens is 328 g/mol. The lowest BCUT2D eigenvalue weighted by Gasteiger charge is -2.21. The van der Waals surface area contributed by atoms with Crippen molar-refractivity contribution in [2.75, 3.05) is 25.5 Å². The van der Waals surface area contributed by atoms with Crippen molar-refractivity contribution in [3.8, 4) is 5.75 Å². The molecule has 0 spiro atoms. The van der Waals surface area contributed by atoms with Crippen LogP contribution in [0, 0.1) is 11.8 Å². The van der Waals surface area contributed by atoms with E-state index in [4.69, 9.17) is 16.3 Å². The Kier molecular flexibility index (Phi) is 6.49. The lowest BCUT2D eigenvalue weighted by atomic mass is 10.2. The van der Waals surface area contributed by atoms with Crippen LogP contribution in [0.2, 0.25) is 5.02 Å². The van der Waals surface area contributed by atoms with Gasteiger partial charge >= 0.3 is 0 Å². The van der Waals surface area contributed by atoms with Crippen LogP contribution < -0.4 is 10.1 Å². The number of benzene rings is 1. The van der Waals surface area contributed by atoms with Crippen LogP contribution in [-0.2, 0) is 9.59 Å². The van der Waals surface area contributed by atoms with Gasteiger partial charge in [-0.3, -0.25) is 9.59 Å². The summed E-state index contributed by atoms with van der Waals surface area (Å²) in [5.74, 6) is 0.115. The van der Waals surface area contributed by atoms with E-state index in [2.05, 4.69) is 19.2 Å². The van der Waals surface area contributed by atoms with Gasteiger partial charge in [-0.1, -0.05) is 25.4 Å². The van der Waals surface area contributed by atoms with Crippen LogP contribution in [0.15, 0.2) is 18.2 Å². The Labute approximate surface area is 148 Å². The highest BCUT2D eigenvalue weighted by Gasteiger charge is 2.49. The van der Waals surface area contributed by atoms with Crippen molar-refractivity contribution in [2.24, 2.45) is 11.8 Å². The molecule has 1 aromatic carbocycles. The molecule has 0 aromatic heterocycles. The third-order valence-corrected chi connectivity index (χ3v) is 4.46. The molecule has 0 radical (unpaired) electrons. The summed E-state index contributed by atoms with van der Waals surface area (Å²) in [4.78, 5) is 26.7. The van der Waals surface area contributed by atoms with Gasteiger partial charge in [0.05, 0.1) is 24.0 Å². The maximum Gasteiger partial charge on any atom is 0.228 e. The molecule has 0 saturated heterocycles. The molecule has 2 unspecified atom stereocenters. The summed E-state index contributed by atoms with van der Waals surface area (Å²) in [6.07, 6.45) is 2.48. The normalized spacial score (nSPS) is 18.8. The lowest BCUT2D eigenvalue weighted by Crippen LogP contribution is -2.34. The largest absolute Gasteiger partial charge is 0.495 e. The minimum Gasteiger partial charge on any atom is -0.495 e. The minimum atomic E-state index is -0.241. The molecule has 1 N–H and O–H groups in total. The van der Waals surface area contributed by atoms with E-state index in [9.17, 15) is 9.59 Å². The summed E-state index contributed by atoms with van der Waals surface area (Å²) in [6, 6.07) is 5.10. The van der Waals surface area contributed by atoms with Gasteiger partial charge in [-0.05, 0) is 37.5 Å². The molecule has 1 saturated carbocycles. The standard InChI is InChI=1S/C18H25ClN2O3/c1-4-8-21(9-5-2)18(23)14-11-13(14)17(22)20-12-6-7-16(24-3)15(19)10-12/h6-7,10,13-14H,4-5,8-9,11H2,1-3H3,(H,20,22). The van der Waals surface area contributed by atoms with Gasteiger partial charge in [0.2, 0.25) is 11.8 Å². The number of ether oxygens (including phenoxy) is 1. The molecule has 1 aromatic rings. The number of halogens is 1. The topological polar surface area (TPSA) is 58.6 Å². The van der Waals surface area contributed by atoms with Crippen molar-refractivity contribution in [1.82, 2.24) is 4.90 Å². The summed E-state index contributed by atoms with van der Waals surface area (Å²) in [7, 11) is 1.54. The number of hydrogen-bond donors (Lipinski definition) is 1. The van der Waals surface area contributed by atoms with Gasteiger partial charge in [0, 0.05) is 18.8 Å². The molecule has 1 aliphatic carbocycles. The first-order chi connectivity index (χ1) is 11.5. The van der Waals surface area contributed by atoms with E-state index in [-0.39, 0.29) is 23.7 Å². The summed E-state index contributed by atoms with van der Waals surface area (Å²) in [5.41, 5.74) is 0.614. The number of amides is 2. The first-order valence-electron chi connectivity index (χ1n) is 8.45. The highest BCUT2D eigenvalue weighted by atomic mass is 35.5. The van der Waals surface area contributed by atoms with E-state index in [1.54, 1.807) is 18.2 Å². The molecule has 2 atom stereocenters. The fourth-order valence-corrected chi connectivity index (χ4v) is 3.10. The van der Waals surface area contributed by atoms with Gasteiger partial charge in [-0.15, -0.1) is 0 Å². The van der Waals surface area contributed by atoms with E-state index >= 15 is 0 Å². The maximum absolute atomic E-state index is 12.5. The van der Waals surface area contributed by atoms with Gasteiger partial charge in [0.25, 0.3) is 0 Å². The molecule has 0 heterocycles. The van der Waals surface area contributed by atoms with Crippen molar-refractivity contribution in [3.63, 3.8) is 0 Å². The van der Waals surface area contributed by atoms with Crippen LogP contribution in [-0.4, -0.2) is 36.9 Å².